The standard InChI is InChI=1S/C29H30ClN3O5/c1-19-16-20(9-14-25(19)31-29(36)32-26-8-4-3-7-24(26)30)17-27(34)33-15-5-6-22(33)18-38-23-12-10-21(11-13-23)28(35)37-2/h3-4,7-14,16,22H,5-6,15,17-18H2,1-2H3,(H2,31,32,36)/t22-/m0/s1. The van der Waals surface area contributed by atoms with E-state index in [1.165, 1.54) is 7.11 Å². The molecule has 0 spiro atoms. The number of likely N-dealkylation sites (tertiary alicyclic amines) is 1. The number of nitrogens with zero attached hydrogens (tertiary/aromatic N) is 1. The second-order valence-electron chi connectivity index (χ2n) is 9.10. The zero-order valence-electron chi connectivity index (χ0n) is 21.3. The van der Waals surface area contributed by atoms with E-state index < -0.39 is 12.0 Å². The molecule has 1 saturated heterocycles. The van der Waals surface area contributed by atoms with Crippen LogP contribution in [0, 0.1) is 6.92 Å². The molecule has 198 valence electrons. The van der Waals surface area contributed by atoms with Crippen molar-refractivity contribution in [1.82, 2.24) is 4.90 Å². The Morgan fingerprint density at radius 1 is 1.00 bits per heavy atom. The maximum Gasteiger partial charge on any atom is 0.337 e. The van der Waals surface area contributed by atoms with Crippen LogP contribution in [-0.4, -0.2) is 49.1 Å². The summed E-state index contributed by atoms with van der Waals surface area (Å²) in [6.45, 7) is 2.96. The van der Waals surface area contributed by atoms with Crippen molar-refractivity contribution < 1.29 is 23.9 Å². The van der Waals surface area contributed by atoms with Gasteiger partial charge < -0.3 is 25.0 Å². The van der Waals surface area contributed by atoms with Gasteiger partial charge in [0.1, 0.15) is 12.4 Å². The number of aryl methyl sites for hydroxylation is 1. The summed E-state index contributed by atoms with van der Waals surface area (Å²) in [5.41, 5.74) is 3.34. The van der Waals surface area contributed by atoms with Crippen molar-refractivity contribution >= 4 is 40.9 Å². The molecule has 1 atom stereocenters. The highest BCUT2D eigenvalue weighted by Gasteiger charge is 2.29. The Bertz CT molecular complexity index is 1310. The first-order valence-electron chi connectivity index (χ1n) is 12.4. The Morgan fingerprint density at radius 2 is 1.74 bits per heavy atom. The van der Waals surface area contributed by atoms with Crippen LogP contribution in [0.3, 0.4) is 0 Å². The van der Waals surface area contributed by atoms with Crippen LogP contribution < -0.4 is 15.4 Å². The van der Waals surface area contributed by atoms with Crippen molar-refractivity contribution in [2.75, 3.05) is 30.9 Å². The number of esters is 1. The molecule has 0 bridgehead atoms. The normalized spacial score (nSPS) is 14.6. The van der Waals surface area contributed by atoms with Crippen LogP contribution in [0.5, 0.6) is 5.75 Å². The van der Waals surface area contributed by atoms with Gasteiger partial charge in [-0.15, -0.1) is 0 Å². The molecule has 1 aliphatic rings. The molecular formula is C29H30ClN3O5. The number of amides is 3. The molecule has 4 rings (SSSR count). The van der Waals surface area contributed by atoms with Crippen molar-refractivity contribution in [2.45, 2.75) is 32.2 Å². The molecule has 0 unspecified atom stereocenters. The fourth-order valence-electron chi connectivity index (χ4n) is 4.43. The Kier molecular flexibility index (Phi) is 8.86. The number of carbonyl (C=O) groups is 3. The van der Waals surface area contributed by atoms with Crippen molar-refractivity contribution in [3.8, 4) is 5.75 Å². The van der Waals surface area contributed by atoms with Crippen LogP contribution in [0.25, 0.3) is 0 Å². The van der Waals surface area contributed by atoms with Crippen LogP contribution in [0.4, 0.5) is 16.2 Å². The first-order chi connectivity index (χ1) is 18.3. The van der Waals surface area contributed by atoms with Crippen LogP contribution in [0.1, 0.15) is 34.3 Å². The lowest BCUT2D eigenvalue weighted by Gasteiger charge is -2.25. The number of hydrogen-bond donors (Lipinski definition) is 2. The first kappa shape index (κ1) is 27.0. The molecule has 9 heteroatoms. The minimum atomic E-state index is -0.400. The minimum absolute atomic E-state index is 0.0154. The lowest BCUT2D eigenvalue weighted by atomic mass is 10.1. The van der Waals surface area contributed by atoms with Gasteiger partial charge in [-0.2, -0.15) is 0 Å². The van der Waals surface area contributed by atoms with E-state index >= 15 is 0 Å². The summed E-state index contributed by atoms with van der Waals surface area (Å²) in [5.74, 6) is 0.270. The van der Waals surface area contributed by atoms with Crippen LogP contribution in [0.15, 0.2) is 66.7 Å². The number of benzene rings is 3. The monoisotopic (exact) mass is 535 g/mol. The van der Waals surface area contributed by atoms with Crippen LogP contribution >= 0.6 is 11.6 Å². The summed E-state index contributed by atoms with van der Waals surface area (Å²) in [7, 11) is 1.34. The van der Waals surface area contributed by atoms with Crippen molar-refractivity contribution in [3.05, 3.63) is 88.4 Å². The third kappa shape index (κ3) is 6.83. The van der Waals surface area contributed by atoms with E-state index in [0.717, 1.165) is 24.0 Å². The van der Waals surface area contributed by atoms with Gasteiger partial charge in [0.2, 0.25) is 5.91 Å². The molecule has 1 aliphatic heterocycles. The summed E-state index contributed by atoms with van der Waals surface area (Å²) in [6.07, 6.45) is 2.05. The van der Waals surface area contributed by atoms with E-state index in [0.29, 0.717) is 40.9 Å². The summed E-state index contributed by atoms with van der Waals surface area (Å²) in [6, 6.07) is 18.9. The second-order valence-corrected chi connectivity index (χ2v) is 9.50. The zero-order valence-corrected chi connectivity index (χ0v) is 22.1. The molecule has 3 aromatic rings. The average Bonchev–Trinajstić information content (AvgIpc) is 3.39. The molecule has 0 aromatic heterocycles. The Morgan fingerprint density at radius 3 is 2.45 bits per heavy atom. The fraction of sp³-hybridized carbons (Fsp3) is 0.276. The number of hydrogen-bond acceptors (Lipinski definition) is 5. The van der Waals surface area contributed by atoms with Crippen molar-refractivity contribution in [1.29, 1.82) is 0 Å². The number of rotatable bonds is 8. The van der Waals surface area contributed by atoms with Crippen molar-refractivity contribution in [3.63, 3.8) is 0 Å². The molecule has 38 heavy (non-hydrogen) atoms. The largest absolute Gasteiger partial charge is 0.491 e. The Hall–Kier alpha value is -4.04. The quantitative estimate of drug-likeness (QED) is 0.361. The number of methoxy groups -OCH3 is 1. The van der Waals surface area contributed by atoms with Gasteiger partial charge >= 0.3 is 12.0 Å². The summed E-state index contributed by atoms with van der Waals surface area (Å²) < 4.78 is 10.6. The van der Waals surface area contributed by atoms with Gasteiger partial charge in [-0.1, -0.05) is 35.9 Å². The van der Waals surface area contributed by atoms with Gasteiger partial charge in [0.15, 0.2) is 0 Å². The van der Waals surface area contributed by atoms with E-state index in [1.54, 1.807) is 54.6 Å². The van der Waals surface area contributed by atoms with E-state index in [9.17, 15) is 14.4 Å². The smallest absolute Gasteiger partial charge is 0.337 e. The molecule has 0 aliphatic carbocycles. The summed E-state index contributed by atoms with van der Waals surface area (Å²) in [4.78, 5) is 39.0. The number of carbonyl (C=O) groups excluding carboxylic acids is 3. The van der Waals surface area contributed by atoms with E-state index in [2.05, 4.69) is 10.6 Å². The number of urea groups is 1. The maximum atomic E-state index is 13.1. The van der Waals surface area contributed by atoms with Gasteiger partial charge in [0.25, 0.3) is 0 Å². The molecule has 3 aromatic carbocycles. The molecule has 1 heterocycles. The van der Waals surface area contributed by atoms with Crippen molar-refractivity contribution in [2.24, 2.45) is 0 Å². The highest BCUT2D eigenvalue weighted by molar-refractivity contribution is 6.33. The van der Waals surface area contributed by atoms with Gasteiger partial charge in [0.05, 0.1) is 35.8 Å². The number of halogens is 1. The zero-order chi connectivity index (χ0) is 27.1. The lowest BCUT2D eigenvalue weighted by molar-refractivity contribution is -0.131. The van der Waals surface area contributed by atoms with E-state index in [-0.39, 0.29) is 18.4 Å². The Labute approximate surface area is 226 Å². The molecule has 8 nitrogen and oxygen atoms in total. The lowest BCUT2D eigenvalue weighted by Crippen LogP contribution is -2.39. The highest BCUT2D eigenvalue weighted by Crippen LogP contribution is 2.24. The summed E-state index contributed by atoms with van der Waals surface area (Å²) in [5, 5.41) is 6.02. The first-order valence-corrected chi connectivity index (χ1v) is 12.7. The van der Waals surface area contributed by atoms with Crippen LogP contribution in [-0.2, 0) is 16.0 Å². The van der Waals surface area contributed by atoms with E-state index in [1.807, 2.05) is 24.0 Å². The molecule has 2 N–H and O–H groups in total. The predicted octanol–water partition coefficient (Wildman–Crippen LogP) is 5.69. The predicted molar refractivity (Wildman–Crippen MR) is 147 cm³/mol. The molecule has 0 saturated carbocycles. The fourth-order valence-corrected chi connectivity index (χ4v) is 4.61. The SMILES string of the molecule is COC(=O)c1ccc(OC[C@@H]2CCCN2C(=O)Cc2ccc(NC(=O)Nc3ccccc3Cl)c(C)c2)cc1. The Balaban J connectivity index is 1.31. The van der Waals surface area contributed by atoms with E-state index in [4.69, 9.17) is 21.1 Å². The molecule has 0 radical (unpaired) electrons. The topological polar surface area (TPSA) is 97.0 Å². The minimum Gasteiger partial charge on any atom is -0.491 e. The third-order valence-corrected chi connectivity index (χ3v) is 6.76. The third-order valence-electron chi connectivity index (χ3n) is 6.43. The second kappa shape index (κ2) is 12.5. The highest BCUT2D eigenvalue weighted by atomic mass is 35.5. The van der Waals surface area contributed by atoms with Gasteiger partial charge in [-0.25, -0.2) is 9.59 Å². The average molecular weight is 536 g/mol. The van der Waals surface area contributed by atoms with Crippen LogP contribution in [0.2, 0.25) is 5.02 Å². The number of anilines is 2. The number of nitrogens with one attached hydrogen (secondary N) is 2. The summed E-state index contributed by atoms with van der Waals surface area (Å²) >= 11 is 6.11. The molecule has 3 amide bonds. The molecule has 1 fully saturated rings. The van der Waals surface area contributed by atoms with Gasteiger partial charge in [-0.05, 0) is 73.4 Å². The number of ether oxygens (including phenoxy) is 2. The molecular weight excluding hydrogens is 506 g/mol. The maximum absolute atomic E-state index is 13.1. The van der Waals surface area contributed by atoms with Gasteiger partial charge in [-0.3, -0.25) is 4.79 Å². The van der Waals surface area contributed by atoms with Gasteiger partial charge in [0, 0.05) is 12.2 Å². The number of para-hydroxylation sites is 1.